The Labute approximate surface area is 376 Å². The first-order chi connectivity index (χ1) is 26.7. The van der Waals surface area contributed by atoms with Gasteiger partial charge in [-0.15, -0.1) is 24.8 Å². The van der Waals surface area contributed by atoms with Gasteiger partial charge in [-0.1, -0.05) is 0 Å². The third-order valence-corrected chi connectivity index (χ3v) is 39.9. The van der Waals surface area contributed by atoms with Crippen molar-refractivity contribution >= 4 is 37.0 Å². The van der Waals surface area contributed by atoms with E-state index >= 15 is 0 Å². The second-order valence-electron chi connectivity index (χ2n) is 22.7. The molecule has 4 aromatic rings. The fraction of sp³-hybridized carbons (Fsp3) is 0.500. The van der Waals surface area contributed by atoms with Gasteiger partial charge >= 0.3 is 355 Å². The fourth-order valence-corrected chi connectivity index (χ4v) is 47.6. The average molecular weight is 997 g/mol. The quantitative estimate of drug-likeness (QED) is 0.169. The van der Waals surface area contributed by atoms with Crippen LogP contribution in [0, 0.1) is 0 Å². The molecule has 1 saturated carbocycles. The number of rotatable bonds is 6. The summed E-state index contributed by atoms with van der Waals surface area (Å²) in [5.74, 6) is 0. The summed E-state index contributed by atoms with van der Waals surface area (Å²) in [6.07, 6.45) is 13.6. The van der Waals surface area contributed by atoms with Gasteiger partial charge in [0.25, 0.3) is 0 Å². The Morgan fingerprint density at radius 1 is 0.475 bits per heavy atom. The molecule has 3 aliphatic carbocycles. The van der Waals surface area contributed by atoms with Crippen molar-refractivity contribution in [2.75, 3.05) is 0 Å². The molecule has 316 valence electrons. The summed E-state index contributed by atoms with van der Waals surface area (Å²) in [6.45, 7) is 33.5. The molecule has 4 atom stereocenters. The third-order valence-electron chi connectivity index (χ3n) is 15.0. The summed E-state index contributed by atoms with van der Waals surface area (Å²) in [4.78, 5) is 0. The predicted octanol–water partition coefficient (Wildman–Crippen LogP) is 17.8. The van der Waals surface area contributed by atoms with Crippen LogP contribution >= 0.6 is 24.8 Å². The van der Waals surface area contributed by atoms with E-state index in [1.165, 1.54) is 70.2 Å². The van der Waals surface area contributed by atoms with E-state index in [0.29, 0.717) is 7.35 Å². The second kappa shape index (κ2) is 16.2. The first-order valence-electron chi connectivity index (χ1n) is 22.7. The zero-order valence-electron chi connectivity index (χ0n) is 39.0. The van der Waals surface area contributed by atoms with Gasteiger partial charge in [0.15, 0.2) is 0 Å². The Bertz CT molecular complexity index is 2060. The second-order valence-corrected chi connectivity index (χ2v) is 39.4. The van der Waals surface area contributed by atoms with Crippen molar-refractivity contribution < 1.29 is 20.0 Å². The minimum atomic E-state index is -3.33. The van der Waals surface area contributed by atoms with Crippen LogP contribution in [0.3, 0.4) is 0 Å². The summed E-state index contributed by atoms with van der Waals surface area (Å²) in [7, 11) is 0. The normalized spacial score (nSPS) is 23.6. The molecule has 4 aromatic carbocycles. The topological polar surface area (TPSA) is 0 Å². The van der Waals surface area contributed by atoms with E-state index in [-0.39, 0.29) is 46.5 Å². The van der Waals surface area contributed by atoms with Crippen LogP contribution in [0.5, 0.6) is 0 Å². The Hall–Kier alpha value is -2.19. The first-order valence-corrected chi connectivity index (χ1v) is 31.0. The van der Waals surface area contributed by atoms with Gasteiger partial charge in [-0.2, -0.15) is 0 Å². The van der Waals surface area contributed by atoms with E-state index in [0.717, 1.165) is 20.2 Å². The van der Waals surface area contributed by atoms with Crippen LogP contribution in [0.2, 0.25) is 7.35 Å². The van der Waals surface area contributed by atoms with Crippen molar-refractivity contribution in [3.63, 3.8) is 0 Å². The van der Waals surface area contributed by atoms with Crippen LogP contribution in [-0.2, 0) is 41.6 Å². The van der Waals surface area contributed by atoms with Crippen LogP contribution in [0.25, 0.3) is 34.4 Å². The summed E-state index contributed by atoms with van der Waals surface area (Å²) in [5, 5.41) is 0. The van der Waals surface area contributed by atoms with E-state index in [9.17, 15) is 0 Å². The number of benzene rings is 4. The summed E-state index contributed by atoms with van der Waals surface area (Å²) < 4.78 is 3.32. The molecule has 0 amide bonds. The van der Waals surface area contributed by atoms with Crippen molar-refractivity contribution in [1.29, 1.82) is 0 Å². The Morgan fingerprint density at radius 3 is 1.08 bits per heavy atom. The summed E-state index contributed by atoms with van der Waals surface area (Å²) >= 11 is -3.33. The SMILES string of the molecule is CCC1=Cc2c(-c3cc(C(C)(C)C)cc(C(C)(C)C)c3)cccc2[CH]1[Hf]1([CH]2C(CC)=Cc3c(-c4cc(C(C)(C)C)cc(C(C)(C)C)c4)cccc32)[CH]2CCCC[CH]21.Cl.Cl. The Kier molecular flexibility index (Phi) is 12.7. The minimum absolute atomic E-state index is 0. The van der Waals surface area contributed by atoms with Crippen LogP contribution in [-0.4, -0.2) is 0 Å². The van der Waals surface area contributed by atoms with Gasteiger partial charge in [-0.3, -0.25) is 0 Å². The molecule has 2 fully saturated rings. The predicted molar refractivity (Wildman–Crippen MR) is 261 cm³/mol. The molecule has 1 heterocycles. The van der Waals surface area contributed by atoms with Gasteiger partial charge in [0.1, 0.15) is 0 Å². The van der Waals surface area contributed by atoms with Crippen LogP contribution in [0.1, 0.15) is 187 Å². The molecule has 1 aliphatic heterocycles. The summed E-state index contributed by atoms with van der Waals surface area (Å²) in [6, 6.07) is 30.1. The molecule has 4 aliphatic rings. The Balaban J connectivity index is 0.00000293. The van der Waals surface area contributed by atoms with Gasteiger partial charge in [0.2, 0.25) is 0 Å². The molecule has 0 radical (unpaired) electrons. The van der Waals surface area contributed by atoms with Crippen LogP contribution in [0.4, 0.5) is 0 Å². The van der Waals surface area contributed by atoms with Crippen LogP contribution < -0.4 is 0 Å². The zero-order chi connectivity index (χ0) is 41.0. The summed E-state index contributed by atoms with van der Waals surface area (Å²) in [5.41, 5.74) is 21.9. The smallest absolute Gasteiger partial charge is 0.147 e. The molecule has 0 N–H and O–H groups in total. The molecule has 1 saturated heterocycles. The zero-order valence-corrected chi connectivity index (χ0v) is 44.2. The molecule has 0 bridgehead atoms. The molecular weight excluding hydrogens is 922 g/mol. The molecule has 4 unspecified atom stereocenters. The standard InChI is InChI=1S/2C25H31.C6H10.2ClH.Hf/c2*1-8-17-12-18-10-9-11-22(23(18)13-17)19-14-20(24(2,3)4)16-21(15-19)25(5,6)7;1-2-4-6-5-3-1;;;/h2*9-16H,8H2,1-7H3;1-2H,3-6H2;2*1H;. The number of hydrogen-bond acceptors (Lipinski definition) is 0. The van der Waals surface area contributed by atoms with Crippen LogP contribution in [0.15, 0.2) is 83.9 Å². The monoisotopic (exact) mass is 996 g/mol. The molecule has 3 heteroatoms. The molecule has 0 spiro atoms. The van der Waals surface area contributed by atoms with Gasteiger partial charge in [-0.05, 0) is 0 Å². The molecule has 59 heavy (non-hydrogen) atoms. The molecule has 8 rings (SSSR count). The van der Waals surface area contributed by atoms with Gasteiger partial charge < -0.3 is 0 Å². The largest absolute Gasteiger partial charge is 0.147 e. The first kappa shape index (κ1) is 46.3. The minimum Gasteiger partial charge on any atom is -0.147 e. The molecule has 0 nitrogen and oxygen atoms in total. The molecular formula is C56H74Cl2Hf. The van der Waals surface area contributed by atoms with E-state index < -0.39 is 20.0 Å². The van der Waals surface area contributed by atoms with E-state index in [1.807, 2.05) is 0 Å². The van der Waals surface area contributed by atoms with Crippen molar-refractivity contribution in [2.24, 2.45) is 0 Å². The van der Waals surface area contributed by atoms with Crippen molar-refractivity contribution in [1.82, 2.24) is 0 Å². The van der Waals surface area contributed by atoms with Crippen molar-refractivity contribution in [3.05, 3.63) is 128 Å². The number of hydrogen-bond donors (Lipinski definition) is 0. The van der Waals surface area contributed by atoms with E-state index in [1.54, 1.807) is 33.4 Å². The Morgan fingerprint density at radius 2 is 0.797 bits per heavy atom. The number of allylic oxidation sites excluding steroid dienone is 2. The fourth-order valence-electron chi connectivity index (χ4n) is 11.8. The number of halogens is 2. The molecule has 0 aromatic heterocycles. The van der Waals surface area contributed by atoms with E-state index in [4.69, 9.17) is 0 Å². The van der Waals surface area contributed by atoms with Gasteiger partial charge in [-0.25, -0.2) is 0 Å². The van der Waals surface area contributed by atoms with Gasteiger partial charge in [0, 0.05) is 0 Å². The van der Waals surface area contributed by atoms with E-state index in [2.05, 4.69) is 182 Å². The maximum Gasteiger partial charge on any atom is -0.147 e. The third kappa shape index (κ3) is 7.92. The van der Waals surface area contributed by atoms with Crippen molar-refractivity contribution in [3.8, 4) is 22.3 Å². The number of fused-ring (bicyclic) bond motifs is 3. The maximum atomic E-state index is 2.73. The average Bonchev–Trinajstić information content (AvgIpc) is 3.42. The van der Waals surface area contributed by atoms with Gasteiger partial charge in [0.05, 0.1) is 0 Å². The maximum absolute atomic E-state index is 3.33. The van der Waals surface area contributed by atoms with Crippen molar-refractivity contribution in [2.45, 2.75) is 172 Å².